The van der Waals surface area contributed by atoms with Gasteiger partial charge in [-0.05, 0) is 55.5 Å². The van der Waals surface area contributed by atoms with Crippen LogP contribution in [0.4, 0.5) is 5.69 Å². The second-order valence-electron chi connectivity index (χ2n) is 12.9. The summed E-state index contributed by atoms with van der Waals surface area (Å²) in [6.07, 6.45) is 19.3. The van der Waals surface area contributed by atoms with Crippen molar-refractivity contribution < 1.29 is 29.3 Å². The number of piperazine rings is 1. The number of likely N-dealkylation sites (N-methyl/N-ethyl adjacent to an activating group) is 1. The molecule has 0 saturated carbocycles. The molecule has 10 heteroatoms. The number of nitrogens with zero attached hydrogens (tertiary/aromatic N) is 4. The van der Waals surface area contributed by atoms with Crippen molar-refractivity contribution in [3.8, 4) is 12.3 Å². The number of carboxylic acids is 2. The number of carbonyl (C=O) groups is 3. The van der Waals surface area contributed by atoms with Crippen LogP contribution in [0.3, 0.4) is 0 Å². The summed E-state index contributed by atoms with van der Waals surface area (Å²) < 4.78 is 5.70. The van der Waals surface area contributed by atoms with Crippen LogP contribution < -0.4 is 4.90 Å². The molecule has 1 aromatic carbocycles. The summed E-state index contributed by atoms with van der Waals surface area (Å²) >= 11 is 0. The second kappa shape index (κ2) is 28.9. The summed E-state index contributed by atoms with van der Waals surface area (Å²) in [5, 5.41) is 18.2. The van der Waals surface area contributed by atoms with Crippen LogP contribution in [0.2, 0.25) is 0 Å². The van der Waals surface area contributed by atoms with Crippen molar-refractivity contribution in [2.45, 2.75) is 86.5 Å². The lowest BCUT2D eigenvalue weighted by Gasteiger charge is -2.37. The molecule has 0 spiro atoms. The fourth-order valence-corrected chi connectivity index (χ4v) is 5.97. The molecule has 54 heavy (non-hydrogen) atoms. The molecule has 1 aromatic rings. The number of aromatic carboxylic acids is 1. The third-order valence-corrected chi connectivity index (χ3v) is 8.46. The molecule has 300 valence electrons. The zero-order valence-electron chi connectivity index (χ0n) is 34.4. The van der Waals surface area contributed by atoms with Crippen molar-refractivity contribution in [2.24, 2.45) is 0 Å². The Morgan fingerprint density at radius 3 is 2.26 bits per heavy atom. The highest BCUT2D eigenvalue weighted by atomic mass is 16.5. The Morgan fingerprint density at radius 2 is 1.76 bits per heavy atom. The first-order valence-corrected chi connectivity index (χ1v) is 19.3. The standard InChI is InChI=1S/C21H31N3O4.C18H23NO2.C3H8.C2H6/c1-4-13-28-16-18(14-17(3)24-8-6-7-20(24)25)19(5-2)23-11-9-22(10-12-23)15-21(26)27;1-5-7-8-12-19(4)17-13-15(18(20)21)10-11-16(17)14(3)9-6-2;1-3-2;1-2/h4-5,14H,1,3,6-13,15-16H2,2H3,(H,26,27);1,7-8,10-11,13-14H,6,9,12H2,2-4H3,(H,20,21);3H2,1-2H3;1-2H3/b18-14-,19-5+;8-7+;;. The molecule has 3 rings (SSSR count). The minimum atomic E-state index is -0.904. The van der Waals surface area contributed by atoms with E-state index < -0.39 is 11.9 Å². The van der Waals surface area contributed by atoms with Gasteiger partial charge >= 0.3 is 11.9 Å². The molecule has 0 radical (unpaired) electrons. The number of anilines is 1. The lowest BCUT2D eigenvalue weighted by Crippen LogP contribution is -2.47. The van der Waals surface area contributed by atoms with Crippen LogP contribution in [0.5, 0.6) is 0 Å². The van der Waals surface area contributed by atoms with E-state index in [4.69, 9.17) is 16.3 Å². The summed E-state index contributed by atoms with van der Waals surface area (Å²) in [5.41, 5.74) is 5.12. The van der Waals surface area contributed by atoms with Crippen molar-refractivity contribution in [3.05, 3.63) is 89.8 Å². The summed E-state index contributed by atoms with van der Waals surface area (Å²) in [5.74, 6) is 1.26. The number of hydrogen-bond acceptors (Lipinski definition) is 7. The summed E-state index contributed by atoms with van der Waals surface area (Å²) in [7, 11) is 1.95. The van der Waals surface area contributed by atoms with Gasteiger partial charge in [0.2, 0.25) is 5.91 Å². The second-order valence-corrected chi connectivity index (χ2v) is 12.9. The number of aliphatic carboxylic acids is 1. The SMILES string of the molecule is C#C/C=C/CN(C)c1cc(C(=O)O)ccc1C(C)CCC.C=CCOCC(=C/C(=C)N1CCCC1=O)/C(=C\C)N1CCN(CC(=O)O)CC1.CC.CCC. The van der Waals surface area contributed by atoms with E-state index in [0.717, 1.165) is 49.3 Å². The number of hydrogen-bond donors (Lipinski definition) is 2. The van der Waals surface area contributed by atoms with Gasteiger partial charge in [0.1, 0.15) is 0 Å². The highest BCUT2D eigenvalue weighted by molar-refractivity contribution is 5.89. The number of carbonyl (C=O) groups excluding carboxylic acids is 1. The van der Waals surface area contributed by atoms with Crippen LogP contribution >= 0.6 is 0 Å². The number of rotatable bonds is 17. The third-order valence-electron chi connectivity index (χ3n) is 8.46. The Morgan fingerprint density at radius 1 is 1.11 bits per heavy atom. The summed E-state index contributed by atoms with van der Waals surface area (Å²) in [6.45, 7) is 27.4. The minimum absolute atomic E-state index is 0.0675. The maximum absolute atomic E-state index is 12.0. The van der Waals surface area contributed by atoms with Gasteiger partial charge in [0.05, 0.1) is 25.3 Å². The zero-order chi connectivity index (χ0) is 41.1. The third kappa shape index (κ3) is 18.0. The molecular weight excluding hydrogens is 681 g/mol. The summed E-state index contributed by atoms with van der Waals surface area (Å²) in [4.78, 5) is 42.1. The Balaban J connectivity index is 0.000000959. The predicted molar refractivity (Wildman–Crippen MR) is 224 cm³/mol. The Kier molecular flexibility index (Phi) is 26.4. The normalized spacial score (nSPS) is 15.1. The largest absolute Gasteiger partial charge is 0.480 e. The minimum Gasteiger partial charge on any atom is -0.480 e. The van der Waals surface area contributed by atoms with Gasteiger partial charge in [-0.25, -0.2) is 4.79 Å². The summed E-state index contributed by atoms with van der Waals surface area (Å²) in [6, 6.07) is 5.35. The van der Waals surface area contributed by atoms with Crippen molar-refractivity contribution >= 4 is 23.5 Å². The zero-order valence-corrected chi connectivity index (χ0v) is 34.4. The van der Waals surface area contributed by atoms with Crippen LogP contribution in [0.15, 0.2) is 78.7 Å². The van der Waals surface area contributed by atoms with Gasteiger partial charge in [-0.3, -0.25) is 14.5 Å². The van der Waals surface area contributed by atoms with Crippen molar-refractivity contribution in [2.75, 3.05) is 71.0 Å². The monoisotopic (exact) mass is 749 g/mol. The van der Waals surface area contributed by atoms with E-state index in [1.807, 2.05) is 61.9 Å². The molecule has 0 aromatic heterocycles. The number of terminal acetylenes is 1. The van der Waals surface area contributed by atoms with Gasteiger partial charge in [-0.15, -0.1) is 13.0 Å². The first-order valence-electron chi connectivity index (χ1n) is 19.3. The molecule has 10 nitrogen and oxygen atoms in total. The lowest BCUT2D eigenvalue weighted by molar-refractivity contribution is -0.138. The van der Waals surface area contributed by atoms with Crippen molar-refractivity contribution in [3.63, 3.8) is 0 Å². The van der Waals surface area contributed by atoms with Gasteiger partial charge < -0.3 is 29.6 Å². The van der Waals surface area contributed by atoms with Gasteiger partial charge in [0, 0.05) is 75.4 Å². The molecule has 2 aliphatic heterocycles. The van der Waals surface area contributed by atoms with Crippen LogP contribution in [0.1, 0.15) is 102 Å². The number of allylic oxidation sites excluding steroid dienone is 3. The van der Waals surface area contributed by atoms with E-state index in [-0.39, 0.29) is 12.5 Å². The lowest BCUT2D eigenvalue weighted by atomic mass is 9.93. The van der Waals surface area contributed by atoms with Crippen LogP contribution in [0, 0.1) is 12.3 Å². The Hall–Kier alpha value is -4.59. The first kappa shape index (κ1) is 49.4. The predicted octanol–water partition coefficient (Wildman–Crippen LogP) is 8.21. The maximum atomic E-state index is 12.0. The molecule has 1 amide bonds. The number of carboxylic acid groups (broad SMARTS) is 2. The van der Waals surface area contributed by atoms with Gasteiger partial charge in [0.25, 0.3) is 0 Å². The average Bonchev–Trinajstić information content (AvgIpc) is 3.59. The van der Waals surface area contributed by atoms with E-state index >= 15 is 0 Å². The van der Waals surface area contributed by atoms with E-state index in [2.05, 4.69) is 51.7 Å². The molecule has 2 fully saturated rings. The van der Waals surface area contributed by atoms with Crippen molar-refractivity contribution in [1.82, 2.24) is 14.7 Å². The maximum Gasteiger partial charge on any atom is 0.335 e. The van der Waals surface area contributed by atoms with Gasteiger partial charge in [0.15, 0.2) is 0 Å². The first-order chi connectivity index (χ1) is 25.9. The molecule has 2 heterocycles. The molecule has 1 unspecified atom stereocenters. The van der Waals surface area contributed by atoms with E-state index in [1.165, 1.54) is 12.0 Å². The average molecular weight is 749 g/mol. The Bertz CT molecular complexity index is 1450. The van der Waals surface area contributed by atoms with E-state index in [1.54, 1.807) is 29.2 Å². The Labute approximate surface area is 326 Å². The number of benzene rings is 1. The van der Waals surface area contributed by atoms with Crippen molar-refractivity contribution in [1.29, 1.82) is 0 Å². The fraction of sp³-hybridized carbons (Fsp3) is 0.523. The van der Waals surface area contributed by atoms with Gasteiger partial charge in [-0.1, -0.05) is 91.2 Å². The quantitative estimate of drug-likeness (QED) is 0.0705. The number of amides is 1. The van der Waals surface area contributed by atoms with Gasteiger partial charge in [-0.2, -0.15) is 0 Å². The highest BCUT2D eigenvalue weighted by Crippen LogP contribution is 2.31. The molecule has 2 aliphatic rings. The molecular formula is C44H68N4O6. The molecule has 2 N–H and O–H groups in total. The smallest absolute Gasteiger partial charge is 0.335 e. The molecule has 2 saturated heterocycles. The topological polar surface area (TPSA) is 114 Å². The number of ether oxygens (including phenoxy) is 1. The van der Waals surface area contributed by atoms with Crippen LogP contribution in [-0.2, 0) is 14.3 Å². The number of likely N-dealkylation sites (tertiary alicyclic amines) is 1. The van der Waals surface area contributed by atoms with E-state index in [0.29, 0.717) is 63.0 Å². The fourth-order valence-electron chi connectivity index (χ4n) is 5.97. The molecule has 1 atom stereocenters. The van der Waals surface area contributed by atoms with Crippen LogP contribution in [-0.4, -0.2) is 109 Å². The molecule has 0 bridgehead atoms. The van der Waals surface area contributed by atoms with E-state index in [9.17, 15) is 19.5 Å². The van der Waals surface area contributed by atoms with Crippen LogP contribution in [0.25, 0.3) is 0 Å². The highest BCUT2D eigenvalue weighted by Gasteiger charge is 2.25. The molecule has 0 aliphatic carbocycles.